The van der Waals surface area contributed by atoms with Crippen LogP contribution in [0.3, 0.4) is 0 Å². The van der Waals surface area contributed by atoms with Gasteiger partial charge in [-0.1, -0.05) is 41.9 Å². The summed E-state index contributed by atoms with van der Waals surface area (Å²) in [7, 11) is 0. The lowest BCUT2D eigenvalue weighted by molar-refractivity contribution is -0.0986. The third-order valence-electron chi connectivity index (χ3n) is 3.01. The van der Waals surface area contributed by atoms with E-state index in [4.69, 9.17) is 16.9 Å². The minimum absolute atomic E-state index is 0.178. The molecule has 0 spiro atoms. The van der Waals surface area contributed by atoms with Crippen molar-refractivity contribution in [2.24, 2.45) is 0 Å². The van der Waals surface area contributed by atoms with E-state index in [0.29, 0.717) is 5.56 Å². The van der Waals surface area contributed by atoms with Crippen molar-refractivity contribution in [1.29, 1.82) is 5.26 Å². The largest absolute Gasteiger partial charge is 0.415 e. The molecular weight excluding hydrogens is 291 g/mol. The predicted molar refractivity (Wildman–Crippen MR) is 68.8 cm³/mol. The Bertz CT molecular complexity index is 616. The second-order valence-corrected chi connectivity index (χ2v) is 4.91. The molecule has 0 fully saturated rings. The number of benzene rings is 1. The van der Waals surface area contributed by atoms with Crippen LogP contribution < -0.4 is 0 Å². The average Bonchev–Trinajstić information content (AvgIpc) is 2.41. The number of hydrogen-bond donors (Lipinski definition) is 1. The number of aliphatic hydroxyl groups is 1. The highest BCUT2D eigenvalue weighted by Crippen LogP contribution is 2.45. The molecule has 0 radical (unpaired) electrons. The van der Waals surface area contributed by atoms with Crippen molar-refractivity contribution in [3.05, 3.63) is 53.6 Å². The summed E-state index contributed by atoms with van der Waals surface area (Å²) in [6.45, 7) is 0. The third-order valence-corrected chi connectivity index (χ3v) is 3.52. The van der Waals surface area contributed by atoms with Crippen LogP contribution >= 0.6 is 11.6 Å². The summed E-state index contributed by atoms with van der Waals surface area (Å²) in [6.07, 6.45) is -4.59. The van der Waals surface area contributed by atoms with Crippen LogP contribution in [0.15, 0.2) is 48.1 Å². The number of allylic oxidation sites excluding steroid dienone is 2. The van der Waals surface area contributed by atoms with Gasteiger partial charge in [-0.25, -0.2) is 0 Å². The fourth-order valence-electron chi connectivity index (χ4n) is 1.98. The topological polar surface area (TPSA) is 44.0 Å². The summed E-state index contributed by atoms with van der Waals surface area (Å²) < 4.78 is 39.1. The SMILES string of the molecule is N#CC1(Cl)C(C(F)(F)F)=CC(c2ccccc2)=CC1O. The molecule has 0 saturated heterocycles. The van der Waals surface area contributed by atoms with Crippen molar-refractivity contribution in [2.45, 2.75) is 17.2 Å². The van der Waals surface area contributed by atoms with Crippen molar-refractivity contribution in [3.8, 4) is 6.07 Å². The van der Waals surface area contributed by atoms with Crippen LogP contribution in [0.25, 0.3) is 5.57 Å². The number of rotatable bonds is 1. The van der Waals surface area contributed by atoms with Gasteiger partial charge in [0.2, 0.25) is 0 Å². The van der Waals surface area contributed by atoms with E-state index in [2.05, 4.69) is 0 Å². The first-order valence-electron chi connectivity index (χ1n) is 5.64. The van der Waals surface area contributed by atoms with Gasteiger partial charge in [-0.05, 0) is 23.3 Å². The minimum Gasteiger partial charge on any atom is -0.386 e. The monoisotopic (exact) mass is 299 g/mol. The third kappa shape index (κ3) is 2.45. The molecule has 6 heteroatoms. The van der Waals surface area contributed by atoms with Gasteiger partial charge in [-0.15, -0.1) is 0 Å². The molecule has 2 atom stereocenters. The maximum absolute atomic E-state index is 13.0. The molecule has 104 valence electrons. The van der Waals surface area contributed by atoms with E-state index in [0.717, 1.165) is 12.2 Å². The van der Waals surface area contributed by atoms with Gasteiger partial charge in [0.05, 0.1) is 11.6 Å². The second kappa shape index (κ2) is 4.97. The van der Waals surface area contributed by atoms with Crippen molar-refractivity contribution in [3.63, 3.8) is 0 Å². The van der Waals surface area contributed by atoms with Gasteiger partial charge in [0, 0.05) is 0 Å². The Labute approximate surface area is 118 Å². The molecule has 1 aliphatic carbocycles. The molecule has 2 rings (SSSR count). The highest BCUT2D eigenvalue weighted by molar-refractivity contribution is 6.29. The van der Waals surface area contributed by atoms with Crippen LogP contribution in [-0.4, -0.2) is 22.3 Å². The molecule has 0 bridgehead atoms. The zero-order valence-corrected chi connectivity index (χ0v) is 10.8. The van der Waals surface area contributed by atoms with E-state index in [1.807, 2.05) is 0 Å². The number of nitrogens with zero attached hydrogens (tertiary/aromatic N) is 1. The first-order valence-corrected chi connectivity index (χ1v) is 6.01. The lowest BCUT2D eigenvalue weighted by Gasteiger charge is -2.31. The van der Waals surface area contributed by atoms with E-state index >= 15 is 0 Å². The molecule has 0 amide bonds. The molecule has 0 saturated carbocycles. The van der Waals surface area contributed by atoms with Gasteiger partial charge in [0.1, 0.15) is 6.10 Å². The Morgan fingerprint density at radius 2 is 1.85 bits per heavy atom. The van der Waals surface area contributed by atoms with Crippen LogP contribution in [0.4, 0.5) is 13.2 Å². The van der Waals surface area contributed by atoms with Crippen molar-refractivity contribution >= 4 is 17.2 Å². The van der Waals surface area contributed by atoms with Crippen LogP contribution in [0.5, 0.6) is 0 Å². The molecular formula is C14H9ClF3NO. The molecule has 20 heavy (non-hydrogen) atoms. The lowest BCUT2D eigenvalue weighted by atomic mass is 9.84. The first kappa shape index (κ1) is 14.6. The zero-order valence-electron chi connectivity index (χ0n) is 10.0. The molecule has 2 unspecified atom stereocenters. The Kier molecular flexibility index (Phi) is 3.63. The van der Waals surface area contributed by atoms with E-state index in [9.17, 15) is 18.3 Å². The van der Waals surface area contributed by atoms with E-state index in [1.54, 1.807) is 30.3 Å². The zero-order chi connectivity index (χ0) is 15.0. The maximum Gasteiger partial charge on any atom is 0.415 e. The number of halogens is 4. The lowest BCUT2D eigenvalue weighted by Crippen LogP contribution is -2.43. The van der Waals surface area contributed by atoms with E-state index in [1.165, 1.54) is 6.07 Å². The predicted octanol–water partition coefficient (Wildman–Crippen LogP) is 3.43. The molecule has 1 N–H and O–H groups in total. The van der Waals surface area contributed by atoms with Gasteiger partial charge in [0.25, 0.3) is 0 Å². The number of hydrogen-bond acceptors (Lipinski definition) is 2. The number of nitriles is 1. The molecule has 0 aliphatic heterocycles. The van der Waals surface area contributed by atoms with E-state index < -0.39 is 22.7 Å². The summed E-state index contributed by atoms with van der Waals surface area (Å²) in [5, 5.41) is 18.7. The summed E-state index contributed by atoms with van der Waals surface area (Å²) in [4.78, 5) is -2.52. The molecule has 1 aromatic rings. The second-order valence-electron chi connectivity index (χ2n) is 4.31. The summed E-state index contributed by atoms with van der Waals surface area (Å²) in [5.41, 5.74) is -0.579. The number of alkyl halides is 4. The Balaban J connectivity index is 2.58. The number of aliphatic hydroxyl groups excluding tert-OH is 1. The van der Waals surface area contributed by atoms with E-state index in [-0.39, 0.29) is 5.57 Å². The molecule has 0 heterocycles. The van der Waals surface area contributed by atoms with Gasteiger partial charge in [-0.3, -0.25) is 0 Å². The molecule has 1 aromatic carbocycles. The Hall–Kier alpha value is -1.77. The standard InChI is InChI=1S/C14H9ClF3NO/c15-13(8-19)11(14(16,17)18)6-10(7-12(13)20)9-4-2-1-3-5-9/h1-7,12,20H. The summed E-state index contributed by atoms with van der Waals surface area (Å²) in [6, 6.07) is 9.60. The maximum atomic E-state index is 13.0. The van der Waals surface area contributed by atoms with Crippen LogP contribution in [0.2, 0.25) is 0 Å². The van der Waals surface area contributed by atoms with Gasteiger partial charge in [-0.2, -0.15) is 18.4 Å². The highest BCUT2D eigenvalue weighted by Gasteiger charge is 2.53. The van der Waals surface area contributed by atoms with Gasteiger partial charge >= 0.3 is 6.18 Å². The normalized spacial score (nSPS) is 26.5. The average molecular weight is 300 g/mol. The van der Waals surface area contributed by atoms with Crippen LogP contribution in [-0.2, 0) is 0 Å². The minimum atomic E-state index is -4.80. The Morgan fingerprint density at radius 1 is 1.25 bits per heavy atom. The molecule has 0 aromatic heterocycles. The van der Waals surface area contributed by atoms with Crippen molar-refractivity contribution in [1.82, 2.24) is 0 Å². The quantitative estimate of drug-likeness (QED) is 0.807. The van der Waals surface area contributed by atoms with Crippen molar-refractivity contribution < 1.29 is 18.3 Å². The molecule has 1 aliphatic rings. The van der Waals surface area contributed by atoms with Gasteiger partial charge < -0.3 is 5.11 Å². The fraction of sp³-hybridized carbons (Fsp3) is 0.214. The summed E-state index contributed by atoms with van der Waals surface area (Å²) in [5.74, 6) is 0. The smallest absolute Gasteiger partial charge is 0.386 e. The highest BCUT2D eigenvalue weighted by atomic mass is 35.5. The van der Waals surface area contributed by atoms with Crippen LogP contribution in [0.1, 0.15) is 5.56 Å². The fourth-order valence-corrected chi connectivity index (χ4v) is 2.20. The Morgan fingerprint density at radius 3 is 2.35 bits per heavy atom. The first-order chi connectivity index (χ1) is 9.29. The van der Waals surface area contributed by atoms with Crippen LogP contribution in [0, 0.1) is 11.3 Å². The molecule has 2 nitrogen and oxygen atoms in total. The summed E-state index contributed by atoms with van der Waals surface area (Å²) >= 11 is 5.67. The van der Waals surface area contributed by atoms with Gasteiger partial charge in [0.15, 0.2) is 4.87 Å². The van der Waals surface area contributed by atoms with Crippen molar-refractivity contribution in [2.75, 3.05) is 0 Å².